The van der Waals surface area contributed by atoms with Crippen LogP contribution in [0.25, 0.3) is 0 Å². The number of benzene rings is 1. The van der Waals surface area contributed by atoms with E-state index in [0.717, 1.165) is 5.56 Å². The lowest BCUT2D eigenvalue weighted by Gasteiger charge is -2.10. The summed E-state index contributed by atoms with van der Waals surface area (Å²) in [7, 11) is 0. The van der Waals surface area contributed by atoms with E-state index < -0.39 is 5.91 Å². The van der Waals surface area contributed by atoms with Gasteiger partial charge in [0.15, 0.2) is 5.76 Å². The Hall–Kier alpha value is -3.41. The number of furan rings is 1. The van der Waals surface area contributed by atoms with Crippen molar-refractivity contribution in [2.45, 2.75) is 6.92 Å². The third-order valence-electron chi connectivity index (χ3n) is 3.32. The van der Waals surface area contributed by atoms with Crippen LogP contribution in [-0.2, 0) is 0 Å². The van der Waals surface area contributed by atoms with Crippen LogP contribution in [0.1, 0.15) is 26.5 Å². The predicted octanol–water partition coefficient (Wildman–Crippen LogP) is 3.49. The first-order valence-corrected chi connectivity index (χ1v) is 7.31. The second-order valence-corrected chi connectivity index (χ2v) is 5.15. The van der Waals surface area contributed by atoms with Crippen LogP contribution < -0.4 is 10.6 Å². The minimum Gasteiger partial charge on any atom is -0.459 e. The van der Waals surface area contributed by atoms with Gasteiger partial charge in [-0.25, -0.2) is 4.98 Å². The van der Waals surface area contributed by atoms with E-state index in [-0.39, 0.29) is 11.7 Å². The summed E-state index contributed by atoms with van der Waals surface area (Å²) in [5, 5.41) is 5.40. The molecule has 0 bridgehead atoms. The van der Waals surface area contributed by atoms with Crippen LogP contribution in [0, 0.1) is 6.92 Å². The molecule has 0 saturated heterocycles. The predicted molar refractivity (Wildman–Crippen MR) is 90.0 cm³/mol. The molecule has 6 heteroatoms. The first-order chi connectivity index (χ1) is 11.6. The molecular weight excluding hydrogens is 306 g/mol. The molecule has 0 aliphatic carbocycles. The van der Waals surface area contributed by atoms with Crippen LogP contribution in [-0.4, -0.2) is 16.8 Å². The van der Waals surface area contributed by atoms with Crippen LogP contribution in [0.2, 0.25) is 0 Å². The quantitative estimate of drug-likeness (QED) is 0.770. The number of nitrogens with one attached hydrogen (secondary N) is 2. The van der Waals surface area contributed by atoms with Gasteiger partial charge in [0.2, 0.25) is 0 Å². The van der Waals surface area contributed by atoms with Crippen molar-refractivity contribution in [2.75, 3.05) is 10.6 Å². The largest absolute Gasteiger partial charge is 0.459 e. The first kappa shape index (κ1) is 15.5. The van der Waals surface area contributed by atoms with E-state index in [9.17, 15) is 9.59 Å². The lowest BCUT2D eigenvalue weighted by atomic mass is 10.1. The molecule has 2 N–H and O–H groups in total. The van der Waals surface area contributed by atoms with Crippen LogP contribution in [0.15, 0.2) is 65.4 Å². The van der Waals surface area contributed by atoms with E-state index >= 15 is 0 Å². The van der Waals surface area contributed by atoms with Crippen LogP contribution in [0.5, 0.6) is 0 Å². The molecule has 0 spiro atoms. The Morgan fingerprint density at radius 2 is 1.83 bits per heavy atom. The van der Waals surface area contributed by atoms with Crippen molar-refractivity contribution in [1.29, 1.82) is 0 Å². The minimum atomic E-state index is -0.422. The van der Waals surface area contributed by atoms with Crippen molar-refractivity contribution in [3.05, 3.63) is 77.9 Å². The Morgan fingerprint density at radius 3 is 2.58 bits per heavy atom. The zero-order valence-corrected chi connectivity index (χ0v) is 12.9. The van der Waals surface area contributed by atoms with Gasteiger partial charge in [0.25, 0.3) is 11.8 Å². The third-order valence-corrected chi connectivity index (χ3v) is 3.32. The number of nitrogens with zero attached hydrogens (tertiary/aromatic N) is 1. The number of para-hydroxylation sites is 1. The minimum absolute atomic E-state index is 0.172. The van der Waals surface area contributed by atoms with Gasteiger partial charge in [0, 0.05) is 6.20 Å². The number of rotatable bonds is 4. The van der Waals surface area contributed by atoms with Gasteiger partial charge in [-0.3, -0.25) is 9.59 Å². The van der Waals surface area contributed by atoms with Crippen molar-refractivity contribution in [3.8, 4) is 0 Å². The molecule has 0 aliphatic heterocycles. The normalized spacial score (nSPS) is 10.2. The summed E-state index contributed by atoms with van der Waals surface area (Å²) in [4.78, 5) is 28.7. The molecular formula is C18H15N3O3. The monoisotopic (exact) mass is 321 g/mol. The summed E-state index contributed by atoms with van der Waals surface area (Å²) < 4.78 is 5.05. The summed E-state index contributed by atoms with van der Waals surface area (Å²) in [5.41, 5.74) is 1.71. The van der Waals surface area contributed by atoms with Crippen molar-refractivity contribution >= 4 is 23.3 Å². The second kappa shape index (κ2) is 6.78. The number of anilines is 2. The zero-order valence-electron chi connectivity index (χ0n) is 12.9. The van der Waals surface area contributed by atoms with Crippen molar-refractivity contribution < 1.29 is 14.0 Å². The summed E-state index contributed by atoms with van der Waals surface area (Å²) in [6, 6.07) is 13.5. The molecule has 0 unspecified atom stereocenters. The van der Waals surface area contributed by atoms with E-state index in [2.05, 4.69) is 15.6 Å². The van der Waals surface area contributed by atoms with Gasteiger partial charge in [0.05, 0.1) is 17.5 Å². The van der Waals surface area contributed by atoms with E-state index in [1.165, 1.54) is 6.26 Å². The number of pyridine rings is 1. The molecule has 24 heavy (non-hydrogen) atoms. The van der Waals surface area contributed by atoms with E-state index in [0.29, 0.717) is 17.1 Å². The number of amides is 2. The Labute approximate surface area is 138 Å². The molecule has 2 aromatic heterocycles. The zero-order chi connectivity index (χ0) is 16.9. The highest BCUT2D eigenvalue weighted by Crippen LogP contribution is 2.18. The van der Waals surface area contributed by atoms with Crippen LogP contribution >= 0.6 is 0 Å². The Morgan fingerprint density at radius 1 is 1.00 bits per heavy atom. The molecule has 120 valence electrons. The molecule has 1 aromatic carbocycles. The topological polar surface area (TPSA) is 84.2 Å². The lowest BCUT2D eigenvalue weighted by molar-refractivity contribution is 0.0996. The average molecular weight is 321 g/mol. The molecule has 0 atom stereocenters. The number of hydrogen-bond acceptors (Lipinski definition) is 4. The molecule has 2 heterocycles. The highest BCUT2D eigenvalue weighted by molar-refractivity contribution is 6.11. The Bertz CT molecular complexity index is 873. The smallest absolute Gasteiger partial charge is 0.291 e. The molecule has 0 saturated carbocycles. The van der Waals surface area contributed by atoms with Crippen LogP contribution in [0.3, 0.4) is 0 Å². The van der Waals surface area contributed by atoms with Gasteiger partial charge in [-0.15, -0.1) is 0 Å². The second-order valence-electron chi connectivity index (χ2n) is 5.15. The van der Waals surface area contributed by atoms with Gasteiger partial charge < -0.3 is 15.1 Å². The number of aryl methyl sites for hydroxylation is 1. The van der Waals surface area contributed by atoms with Crippen molar-refractivity contribution in [2.24, 2.45) is 0 Å². The highest BCUT2D eigenvalue weighted by atomic mass is 16.3. The lowest BCUT2D eigenvalue weighted by Crippen LogP contribution is -2.18. The summed E-state index contributed by atoms with van der Waals surface area (Å²) in [5.74, 6) is -0.157. The van der Waals surface area contributed by atoms with Gasteiger partial charge in [-0.1, -0.05) is 12.1 Å². The maximum absolute atomic E-state index is 12.5. The molecule has 3 aromatic rings. The third kappa shape index (κ3) is 3.49. The number of aromatic nitrogens is 1. The van der Waals surface area contributed by atoms with E-state index in [4.69, 9.17) is 4.42 Å². The van der Waals surface area contributed by atoms with Gasteiger partial charge in [-0.05, 0) is 48.9 Å². The van der Waals surface area contributed by atoms with E-state index in [1.54, 1.807) is 48.7 Å². The summed E-state index contributed by atoms with van der Waals surface area (Å²) >= 11 is 0. The fraction of sp³-hybridized carbons (Fsp3) is 0.0556. The fourth-order valence-corrected chi connectivity index (χ4v) is 2.17. The number of hydrogen-bond donors (Lipinski definition) is 2. The number of carbonyl (C=O) groups excluding carboxylic acids is 2. The molecule has 3 rings (SSSR count). The Kier molecular flexibility index (Phi) is 4.38. The molecule has 6 nitrogen and oxygen atoms in total. The highest BCUT2D eigenvalue weighted by Gasteiger charge is 2.15. The maximum atomic E-state index is 12.5. The fourth-order valence-electron chi connectivity index (χ4n) is 2.17. The molecule has 0 fully saturated rings. The SMILES string of the molecule is Cc1ccnc(NC(=O)c2ccccc2NC(=O)c2ccco2)c1. The summed E-state index contributed by atoms with van der Waals surface area (Å²) in [6.07, 6.45) is 3.03. The average Bonchev–Trinajstić information content (AvgIpc) is 3.10. The standard InChI is InChI=1S/C18H15N3O3/c1-12-8-9-19-16(11-12)21-17(22)13-5-2-3-6-14(13)20-18(23)15-7-4-10-24-15/h2-11H,1H3,(H,20,23)(H,19,21,22). The van der Waals surface area contributed by atoms with Gasteiger partial charge >= 0.3 is 0 Å². The molecule has 2 amide bonds. The van der Waals surface area contributed by atoms with Gasteiger partial charge in [-0.2, -0.15) is 0 Å². The number of carbonyl (C=O) groups is 2. The molecule has 0 radical (unpaired) electrons. The summed E-state index contributed by atoms with van der Waals surface area (Å²) in [6.45, 7) is 1.91. The van der Waals surface area contributed by atoms with E-state index in [1.807, 2.05) is 13.0 Å². The van der Waals surface area contributed by atoms with Crippen LogP contribution in [0.4, 0.5) is 11.5 Å². The van der Waals surface area contributed by atoms with Crippen molar-refractivity contribution in [3.63, 3.8) is 0 Å². The first-order valence-electron chi connectivity index (χ1n) is 7.31. The van der Waals surface area contributed by atoms with Gasteiger partial charge in [0.1, 0.15) is 5.82 Å². The van der Waals surface area contributed by atoms with Crippen molar-refractivity contribution in [1.82, 2.24) is 4.98 Å². The molecule has 0 aliphatic rings. The Balaban J connectivity index is 1.80. The maximum Gasteiger partial charge on any atom is 0.291 e.